The number of nitrogens with zero attached hydrogens (tertiary/aromatic N) is 14. The molecule has 21 atom stereocenters. The molecule has 18 N–H and O–H groups in total. The van der Waals surface area contributed by atoms with Crippen LogP contribution in [-0.4, -0.2) is 230 Å². The van der Waals surface area contributed by atoms with Gasteiger partial charge in [0, 0.05) is 7.11 Å². The minimum absolute atomic E-state index is 0.0212. The van der Waals surface area contributed by atoms with E-state index in [1.165, 1.54) is 23.4 Å². The highest BCUT2D eigenvalue weighted by Crippen LogP contribution is 2.68. The largest absolute Gasteiger partial charge is 0.490 e. The number of aromatic nitrogens is 16. The molecule has 8 aromatic heterocycles. The van der Waals surface area contributed by atoms with Gasteiger partial charge in [-0.15, -0.1) is 0 Å². The minimum Gasteiger partial charge on any atom is -0.387 e. The Balaban J connectivity index is 0.741. The van der Waals surface area contributed by atoms with E-state index in [1.807, 2.05) is 0 Å². The average Bonchev–Trinajstić information content (AvgIpc) is 1.63. The molecule has 0 radical (unpaired) electrons. The van der Waals surface area contributed by atoms with Gasteiger partial charge in [-0.05, 0) is 0 Å². The number of ether oxygens (including phenoxy) is 5. The van der Waals surface area contributed by atoms with Crippen LogP contribution in [0, 0.1) is 0 Å². The quantitative estimate of drug-likeness (QED) is 0.0188. The van der Waals surface area contributed by atoms with E-state index in [4.69, 9.17) is 68.0 Å². The number of aromatic amines is 2. The second kappa shape index (κ2) is 26.3. The number of aryl methyl sites for hydroxylation is 1. The fourth-order valence-corrected chi connectivity index (χ4v) is 16.2. The zero-order chi connectivity index (χ0) is 68.9. The van der Waals surface area contributed by atoms with Crippen molar-refractivity contribution in [3.63, 3.8) is 0 Å². The fourth-order valence-electron chi connectivity index (χ4n) is 10.8. The number of aliphatic hydroxyl groups excluding tert-OH is 5. The number of hydrogen-bond acceptors (Lipinski definition) is 37. The van der Waals surface area contributed by atoms with E-state index in [0.717, 1.165) is 46.1 Å². The maximum atomic E-state index is 14.3. The summed E-state index contributed by atoms with van der Waals surface area (Å²) >= 11 is 0. The Morgan fingerprint density at radius 1 is 0.542 bits per heavy atom. The predicted octanol–water partition coefficient (Wildman–Crippen LogP) is -5.11. The van der Waals surface area contributed by atoms with Crippen molar-refractivity contribution in [2.45, 2.75) is 98.2 Å². The molecule has 8 aromatic rings. The van der Waals surface area contributed by atoms with E-state index in [2.05, 4.69) is 63.4 Å². The van der Waals surface area contributed by atoms with Crippen LogP contribution < -0.4 is 32.9 Å². The first-order chi connectivity index (χ1) is 45.2. The van der Waals surface area contributed by atoms with Gasteiger partial charge in [0.25, 0.3) is 11.1 Å². The van der Waals surface area contributed by atoms with Crippen molar-refractivity contribution in [1.82, 2.24) is 73.1 Å². The molecule has 49 nitrogen and oxygen atoms in total. The van der Waals surface area contributed by atoms with Crippen molar-refractivity contribution >= 4 is 101 Å². The van der Waals surface area contributed by atoms with Crippen LogP contribution in [0.15, 0.2) is 53.7 Å². The van der Waals surface area contributed by atoms with Gasteiger partial charge in [-0.25, -0.2) is 57.3 Å². The molecule has 96 heavy (non-hydrogen) atoms. The second-order valence-electron chi connectivity index (χ2n) is 21.2. The number of H-pyrrole nitrogens is 2. The molecule has 0 bridgehead atoms. The van der Waals surface area contributed by atoms with Gasteiger partial charge < -0.3 is 90.9 Å². The van der Waals surface area contributed by atoms with Gasteiger partial charge >= 0.3 is 44.8 Å². The van der Waals surface area contributed by atoms with Crippen molar-refractivity contribution in [3.8, 4) is 0 Å². The molecule has 54 heteroatoms. The van der Waals surface area contributed by atoms with Crippen LogP contribution >= 0.6 is 39.1 Å². The third-order valence-corrected chi connectivity index (χ3v) is 21.3. The Hall–Kier alpha value is -6.57. The fraction of sp³-hybridized carbons (Fsp3) is 0.524. The van der Waals surface area contributed by atoms with Gasteiger partial charge in [-0.2, -0.15) is 18.6 Å². The number of imidazole rings is 4. The van der Waals surface area contributed by atoms with Gasteiger partial charge in [-0.1, -0.05) is 4.98 Å². The lowest BCUT2D eigenvalue weighted by molar-refractivity contribution is -0.745. The molecule has 4 aliphatic rings. The number of anilines is 3. The maximum Gasteiger partial charge on any atom is 0.490 e. The van der Waals surface area contributed by atoms with Crippen LogP contribution in [0.4, 0.5) is 17.7 Å². The van der Waals surface area contributed by atoms with Crippen LogP contribution in [0.2, 0.25) is 0 Å². The molecule has 4 aliphatic heterocycles. The zero-order valence-corrected chi connectivity index (χ0v) is 52.9. The van der Waals surface area contributed by atoms with Crippen LogP contribution in [-0.2, 0) is 89.3 Å². The first-order valence-electron chi connectivity index (χ1n) is 27.3. The van der Waals surface area contributed by atoms with E-state index < -0.39 is 181 Å². The number of nitrogens with one attached hydrogen (secondary N) is 2. The van der Waals surface area contributed by atoms with Crippen molar-refractivity contribution in [3.05, 3.63) is 64.9 Å². The van der Waals surface area contributed by atoms with E-state index in [-0.39, 0.29) is 50.9 Å². The molecular formula is C42H55N19O30P5+. The molecule has 4 saturated heterocycles. The molecular weight excluding hydrogens is 1410 g/mol. The summed E-state index contributed by atoms with van der Waals surface area (Å²) < 4.78 is 142. The summed E-state index contributed by atoms with van der Waals surface area (Å²) in [7, 11) is -27.0. The number of hydrogen-bond donors (Lipinski definition) is 15. The molecule has 12 heterocycles. The Kier molecular flexibility index (Phi) is 19.0. The van der Waals surface area contributed by atoms with Gasteiger partial charge in [0.05, 0.1) is 58.7 Å². The van der Waals surface area contributed by atoms with Crippen LogP contribution in [0.5, 0.6) is 0 Å². The van der Waals surface area contributed by atoms with E-state index in [0.29, 0.717) is 5.52 Å². The molecule has 0 amide bonds. The second-order valence-corrected chi connectivity index (χ2v) is 28.7. The van der Waals surface area contributed by atoms with E-state index in [1.54, 1.807) is 11.6 Å². The molecule has 0 saturated carbocycles. The van der Waals surface area contributed by atoms with E-state index >= 15 is 0 Å². The number of nitrogens with two attached hydrogens (primary N) is 3. The summed E-state index contributed by atoms with van der Waals surface area (Å²) in [5, 5.41) is 55.4. The summed E-state index contributed by atoms with van der Waals surface area (Å²) in [5.41, 5.74) is 15.3. The van der Waals surface area contributed by atoms with Crippen LogP contribution in [0.1, 0.15) is 24.9 Å². The SMILES string of the molecule is COC1C(OP(=O)(O)OCC2OC(n3cnc4c(=O)[nH]c(N)nc43)C(O)C2OP(=O)(O)OCC2OC(n3cnc4c(=O)[nH]c(N)nc43)C(O)C2O)C(COP(=O)(O)OP(=O)(O)OP(=O)(O)OCC2OC([n+]3cn(C)c4cncnc43)C(O)C2O)OC1n1cnc2c(N)ncnc21. The number of phosphoric acid groups is 5. The Labute approximate surface area is 530 Å². The molecule has 21 unspecified atom stereocenters. The topological polar surface area (TPSA) is 691 Å². The highest BCUT2D eigenvalue weighted by Gasteiger charge is 2.56. The average molecular weight is 1460 g/mol. The van der Waals surface area contributed by atoms with Crippen molar-refractivity contribution < 1.29 is 137 Å². The summed E-state index contributed by atoms with van der Waals surface area (Å²) in [6.45, 7) is -4.84. The highest BCUT2D eigenvalue weighted by molar-refractivity contribution is 7.66. The summed E-state index contributed by atoms with van der Waals surface area (Å²) in [6.07, 6.45) is -20.9. The third kappa shape index (κ3) is 13.8. The molecule has 4 fully saturated rings. The van der Waals surface area contributed by atoms with Gasteiger partial charge in [0.1, 0.15) is 85.1 Å². The van der Waals surface area contributed by atoms with Crippen LogP contribution in [0.3, 0.4) is 0 Å². The number of fused-ring (bicyclic) bond motifs is 4. The molecule has 522 valence electrons. The summed E-state index contributed by atoms with van der Waals surface area (Å²) in [6, 6.07) is 0. The van der Waals surface area contributed by atoms with Crippen molar-refractivity contribution in [1.29, 1.82) is 0 Å². The molecule has 0 aliphatic carbocycles. The minimum atomic E-state index is -6.28. The van der Waals surface area contributed by atoms with Gasteiger partial charge in [0.15, 0.2) is 70.6 Å². The normalized spacial score (nSPS) is 31.1. The lowest BCUT2D eigenvalue weighted by Gasteiger charge is -2.27. The van der Waals surface area contributed by atoms with Gasteiger partial charge in [0.2, 0.25) is 18.1 Å². The molecule has 0 aromatic carbocycles. The first-order valence-corrected chi connectivity index (χ1v) is 34.8. The molecule has 0 spiro atoms. The van der Waals surface area contributed by atoms with Gasteiger partial charge in [-0.3, -0.25) is 65.0 Å². The number of phosphoric ester groups is 4. The standard InChI is InChI=1S/C42H54N19O30P5/c1-57-13-61(31-14(57)3-46-8-48-31)38-25(65)23(63)16(85-38)5-82-94(73,74)90-96(77,78)91-95(75,76)83-7-18-28(29(79-2)40(87-18)58-10-50-19-30(43)47-9-49-32(19)58)89-93(71,72)81-6-17-27(26(66)39(86-17)60-12-52-21-34(60)54-42(45)56-36(21)68)88-92(69,70)80-4-15-22(62)24(64)37(84-15)59-11-51-20-33(59)53-41(44)55-35(20)67/h3,8-13,15-18,22-29,37-40,62-66H,4-7H2,1-2H3,(H12-,43,44,45,47,49,53,54,55,56,67,68,69,70,71,72,73,74,75,76,77,78)/p+1. The highest BCUT2D eigenvalue weighted by atomic mass is 31.3. The third-order valence-electron chi connectivity index (χ3n) is 15.1. The summed E-state index contributed by atoms with van der Waals surface area (Å²) in [4.78, 5) is 120. The first kappa shape index (κ1) is 69.3. The number of rotatable bonds is 25. The van der Waals surface area contributed by atoms with Crippen molar-refractivity contribution in [2.24, 2.45) is 7.05 Å². The Bertz CT molecular complexity index is 4640. The Morgan fingerprint density at radius 3 is 1.60 bits per heavy atom. The van der Waals surface area contributed by atoms with E-state index in [9.17, 15) is 82.4 Å². The lowest BCUT2D eigenvalue weighted by atomic mass is 10.1. The number of aliphatic hydroxyl groups is 5. The number of methoxy groups -OCH3 is 1. The monoisotopic (exact) mass is 1460 g/mol. The smallest absolute Gasteiger partial charge is 0.387 e. The maximum absolute atomic E-state index is 14.3. The van der Waals surface area contributed by atoms with Crippen molar-refractivity contribution in [2.75, 3.05) is 50.7 Å². The lowest BCUT2D eigenvalue weighted by Crippen LogP contribution is -2.45. The molecule has 12 rings (SSSR count). The zero-order valence-electron chi connectivity index (χ0n) is 48.5. The van der Waals surface area contributed by atoms with Crippen LogP contribution in [0.25, 0.3) is 44.7 Å². The Morgan fingerprint density at radius 2 is 1.02 bits per heavy atom. The summed E-state index contributed by atoms with van der Waals surface area (Å²) in [5.74, 6) is -0.947. The predicted molar refractivity (Wildman–Crippen MR) is 305 cm³/mol. The number of nitrogen functional groups attached to an aromatic ring is 3.